The van der Waals surface area contributed by atoms with Crippen LogP contribution in [0, 0.1) is 39.9 Å². The Morgan fingerprint density at radius 2 is 2.00 bits per heavy atom. The summed E-state index contributed by atoms with van der Waals surface area (Å²) in [4.78, 5) is 0. The zero-order valence-electron chi connectivity index (χ0n) is 10.5. The second kappa shape index (κ2) is 3.24. The molecule has 0 aromatic heterocycles. The van der Waals surface area contributed by atoms with Crippen LogP contribution in [-0.2, 0) is 0 Å². The summed E-state index contributed by atoms with van der Waals surface area (Å²) in [5, 5.41) is 8.81. The summed E-state index contributed by atoms with van der Waals surface area (Å²) in [5.41, 5.74) is 1.04. The first-order chi connectivity index (χ1) is 6.92. The zero-order valence-corrected chi connectivity index (χ0v) is 10.5. The Labute approximate surface area is 93.9 Å². The van der Waals surface area contributed by atoms with Gasteiger partial charge in [-0.2, -0.15) is 5.26 Å². The van der Waals surface area contributed by atoms with E-state index in [-0.39, 0.29) is 0 Å². The molecule has 2 saturated carbocycles. The van der Waals surface area contributed by atoms with Crippen molar-refractivity contribution in [3.63, 3.8) is 0 Å². The largest absolute Gasteiger partial charge is 0.198 e. The third kappa shape index (κ3) is 1.59. The molecule has 2 rings (SSSR count). The Morgan fingerprint density at radius 1 is 1.33 bits per heavy atom. The molecule has 0 N–H and O–H groups in total. The molecule has 15 heavy (non-hydrogen) atoms. The molecule has 1 nitrogen and oxygen atoms in total. The third-order valence-electron chi connectivity index (χ3n) is 5.59. The SMILES string of the molecule is CC(CC#N)C1(C)CCC2C(C1)C2(C)C. The van der Waals surface area contributed by atoms with Crippen LogP contribution in [0.1, 0.15) is 53.4 Å². The van der Waals surface area contributed by atoms with Crippen LogP contribution in [0.25, 0.3) is 0 Å². The predicted octanol–water partition coefficient (Wildman–Crippen LogP) is 4.00. The van der Waals surface area contributed by atoms with Crippen molar-refractivity contribution in [1.82, 2.24) is 0 Å². The van der Waals surface area contributed by atoms with Gasteiger partial charge in [-0.3, -0.25) is 0 Å². The number of nitriles is 1. The number of hydrogen-bond donors (Lipinski definition) is 0. The van der Waals surface area contributed by atoms with E-state index in [0.717, 1.165) is 18.3 Å². The fraction of sp³-hybridized carbons (Fsp3) is 0.929. The highest BCUT2D eigenvalue weighted by atomic mass is 14.7. The average Bonchev–Trinajstić information content (AvgIpc) is 2.69. The molecule has 2 aliphatic rings. The minimum absolute atomic E-state index is 0.435. The molecule has 0 amide bonds. The highest BCUT2D eigenvalue weighted by Crippen LogP contribution is 2.69. The van der Waals surface area contributed by atoms with Crippen molar-refractivity contribution in [1.29, 1.82) is 5.26 Å². The number of fused-ring (bicyclic) bond motifs is 1. The van der Waals surface area contributed by atoms with Crippen LogP contribution in [0.4, 0.5) is 0 Å². The van der Waals surface area contributed by atoms with E-state index >= 15 is 0 Å². The maximum atomic E-state index is 8.81. The van der Waals surface area contributed by atoms with Crippen molar-refractivity contribution in [2.45, 2.75) is 53.4 Å². The van der Waals surface area contributed by atoms with Crippen LogP contribution in [-0.4, -0.2) is 0 Å². The molecule has 0 aromatic rings. The van der Waals surface area contributed by atoms with Crippen LogP contribution in [0.3, 0.4) is 0 Å². The molecule has 0 bridgehead atoms. The summed E-state index contributed by atoms with van der Waals surface area (Å²) < 4.78 is 0. The summed E-state index contributed by atoms with van der Waals surface area (Å²) in [6.07, 6.45) is 4.81. The van der Waals surface area contributed by atoms with E-state index in [4.69, 9.17) is 5.26 Å². The second-order valence-electron chi connectivity index (χ2n) is 6.69. The molecule has 0 aromatic carbocycles. The van der Waals surface area contributed by atoms with Crippen molar-refractivity contribution in [3.8, 4) is 6.07 Å². The van der Waals surface area contributed by atoms with E-state index in [1.807, 2.05) is 0 Å². The lowest BCUT2D eigenvalue weighted by molar-refractivity contribution is 0.126. The van der Waals surface area contributed by atoms with Crippen molar-refractivity contribution in [2.24, 2.45) is 28.6 Å². The summed E-state index contributed by atoms with van der Waals surface area (Å²) in [6, 6.07) is 2.34. The molecule has 0 radical (unpaired) electrons. The first-order valence-electron chi connectivity index (χ1n) is 6.29. The van der Waals surface area contributed by atoms with E-state index in [2.05, 4.69) is 33.8 Å². The Morgan fingerprint density at radius 3 is 2.53 bits per heavy atom. The van der Waals surface area contributed by atoms with Crippen LogP contribution in [0.5, 0.6) is 0 Å². The maximum absolute atomic E-state index is 8.81. The van der Waals surface area contributed by atoms with Gasteiger partial charge in [-0.15, -0.1) is 0 Å². The number of nitrogens with zero attached hydrogens (tertiary/aromatic N) is 1. The van der Waals surface area contributed by atoms with Crippen LogP contribution < -0.4 is 0 Å². The van der Waals surface area contributed by atoms with E-state index in [0.29, 0.717) is 16.7 Å². The van der Waals surface area contributed by atoms with Crippen molar-refractivity contribution >= 4 is 0 Å². The Kier molecular flexibility index (Phi) is 2.37. The molecular weight excluding hydrogens is 182 g/mol. The van der Waals surface area contributed by atoms with Gasteiger partial charge in [0.1, 0.15) is 0 Å². The molecule has 4 unspecified atom stereocenters. The first kappa shape index (κ1) is 11.0. The fourth-order valence-corrected chi connectivity index (χ4v) is 3.76. The summed E-state index contributed by atoms with van der Waals surface area (Å²) in [5.74, 6) is 2.50. The Balaban J connectivity index is 2.04. The smallest absolute Gasteiger partial charge is 0.0624 e. The lowest BCUT2D eigenvalue weighted by Gasteiger charge is -2.38. The van der Waals surface area contributed by atoms with Crippen molar-refractivity contribution < 1.29 is 0 Å². The van der Waals surface area contributed by atoms with Gasteiger partial charge in [0.05, 0.1) is 6.07 Å². The minimum atomic E-state index is 0.435. The molecular formula is C14H23N. The number of hydrogen-bond acceptors (Lipinski definition) is 1. The Bertz CT molecular complexity index is 299. The van der Waals surface area contributed by atoms with Gasteiger partial charge in [0.2, 0.25) is 0 Å². The molecule has 0 heterocycles. The van der Waals surface area contributed by atoms with E-state index in [9.17, 15) is 0 Å². The lowest BCUT2D eigenvalue weighted by atomic mass is 9.67. The zero-order chi connectivity index (χ0) is 11.3. The molecule has 0 saturated heterocycles. The third-order valence-corrected chi connectivity index (χ3v) is 5.59. The molecule has 0 spiro atoms. The van der Waals surface area contributed by atoms with Gasteiger partial charge in [0.25, 0.3) is 0 Å². The molecule has 2 fully saturated rings. The van der Waals surface area contributed by atoms with E-state index in [1.54, 1.807) is 0 Å². The maximum Gasteiger partial charge on any atom is 0.0624 e. The molecule has 0 aliphatic heterocycles. The molecule has 2 aliphatic carbocycles. The van der Waals surface area contributed by atoms with Crippen molar-refractivity contribution in [2.75, 3.05) is 0 Å². The quantitative estimate of drug-likeness (QED) is 0.668. The lowest BCUT2D eigenvalue weighted by Crippen LogP contribution is -2.29. The Hall–Kier alpha value is -0.510. The van der Waals surface area contributed by atoms with Gasteiger partial charge in [0, 0.05) is 6.42 Å². The normalized spacial score (nSPS) is 43.9. The van der Waals surface area contributed by atoms with Crippen molar-refractivity contribution in [3.05, 3.63) is 0 Å². The average molecular weight is 205 g/mol. The molecule has 84 valence electrons. The topological polar surface area (TPSA) is 23.8 Å². The van der Waals surface area contributed by atoms with Crippen LogP contribution >= 0.6 is 0 Å². The van der Waals surface area contributed by atoms with Gasteiger partial charge in [-0.1, -0.05) is 27.7 Å². The van der Waals surface area contributed by atoms with Crippen LogP contribution in [0.2, 0.25) is 0 Å². The first-order valence-corrected chi connectivity index (χ1v) is 6.29. The molecule has 1 heteroatoms. The van der Waals surface area contributed by atoms with Gasteiger partial charge in [0.15, 0.2) is 0 Å². The van der Waals surface area contributed by atoms with Crippen LogP contribution in [0.15, 0.2) is 0 Å². The van der Waals surface area contributed by atoms with E-state index < -0.39 is 0 Å². The molecule has 4 atom stereocenters. The van der Waals surface area contributed by atoms with Gasteiger partial charge in [-0.25, -0.2) is 0 Å². The highest BCUT2D eigenvalue weighted by molar-refractivity contribution is 5.10. The van der Waals surface area contributed by atoms with Gasteiger partial charge in [-0.05, 0) is 47.8 Å². The summed E-state index contributed by atoms with van der Waals surface area (Å²) in [7, 11) is 0. The summed E-state index contributed by atoms with van der Waals surface area (Å²) >= 11 is 0. The predicted molar refractivity (Wildman–Crippen MR) is 62.1 cm³/mol. The number of rotatable bonds is 2. The van der Waals surface area contributed by atoms with Gasteiger partial charge >= 0.3 is 0 Å². The van der Waals surface area contributed by atoms with E-state index in [1.165, 1.54) is 19.3 Å². The minimum Gasteiger partial charge on any atom is -0.198 e. The second-order valence-corrected chi connectivity index (χ2v) is 6.69. The van der Waals surface area contributed by atoms with Gasteiger partial charge < -0.3 is 0 Å². The fourth-order valence-electron chi connectivity index (χ4n) is 3.76. The summed E-state index contributed by atoms with van der Waals surface area (Å²) in [6.45, 7) is 9.50. The standard InChI is InChI=1S/C14H23N/c1-10(6-8-15)14(4)7-5-11-12(9-14)13(11,2)3/h10-12H,5-7,9H2,1-4H3. The highest BCUT2D eigenvalue weighted by Gasteiger charge is 2.61. The monoisotopic (exact) mass is 205 g/mol.